The number of carbonyl (C=O) groups is 1. The molecule has 0 aliphatic carbocycles. The van der Waals surface area contributed by atoms with Crippen molar-refractivity contribution >= 4 is 5.97 Å². The Balaban J connectivity index is 3.32. The summed E-state index contributed by atoms with van der Waals surface area (Å²) in [6.45, 7) is 3.26. The van der Waals surface area contributed by atoms with Crippen molar-refractivity contribution in [2.24, 2.45) is 0 Å². The molecule has 1 N–H and O–H groups in total. The highest BCUT2D eigenvalue weighted by molar-refractivity contribution is 5.88. The summed E-state index contributed by atoms with van der Waals surface area (Å²) in [7, 11) is 0. The van der Waals surface area contributed by atoms with Gasteiger partial charge in [-0.2, -0.15) is 0 Å². The molecule has 66 valence electrons. The maximum Gasteiger partial charge on any atom is 0.355 e. The Morgan fingerprint density at radius 2 is 2.31 bits per heavy atom. The van der Waals surface area contributed by atoms with E-state index in [0.717, 1.165) is 0 Å². The van der Waals surface area contributed by atoms with Gasteiger partial charge in [-0.05, 0) is 13.8 Å². The molecule has 1 aromatic rings. The second-order valence-corrected chi connectivity index (χ2v) is 2.36. The standard InChI is InChI=1S/C9H8N2O2/c1-3-4-7-5-10-6(2)11-8(7)9(12)13/h5H,1-2H3,(H,12,13). The molecule has 13 heavy (non-hydrogen) atoms. The molecule has 0 radical (unpaired) electrons. The van der Waals surface area contributed by atoms with Gasteiger partial charge >= 0.3 is 5.97 Å². The molecule has 0 bridgehead atoms. The van der Waals surface area contributed by atoms with Gasteiger partial charge < -0.3 is 5.11 Å². The van der Waals surface area contributed by atoms with Crippen LogP contribution in [0.25, 0.3) is 0 Å². The molecule has 0 aromatic carbocycles. The van der Waals surface area contributed by atoms with E-state index < -0.39 is 5.97 Å². The van der Waals surface area contributed by atoms with Crippen LogP contribution >= 0.6 is 0 Å². The fraction of sp³-hybridized carbons (Fsp3) is 0.222. The number of aromatic carboxylic acids is 1. The Morgan fingerprint density at radius 3 is 2.85 bits per heavy atom. The van der Waals surface area contributed by atoms with E-state index in [0.29, 0.717) is 11.4 Å². The molecule has 0 amide bonds. The van der Waals surface area contributed by atoms with Crippen LogP contribution in [-0.2, 0) is 0 Å². The Bertz CT molecular complexity index is 402. The van der Waals surface area contributed by atoms with Crippen LogP contribution in [-0.4, -0.2) is 21.0 Å². The van der Waals surface area contributed by atoms with Gasteiger partial charge in [0.15, 0.2) is 5.69 Å². The van der Waals surface area contributed by atoms with Gasteiger partial charge in [0.1, 0.15) is 5.82 Å². The van der Waals surface area contributed by atoms with Crippen LogP contribution in [0.1, 0.15) is 28.8 Å². The van der Waals surface area contributed by atoms with Gasteiger partial charge in [-0.3, -0.25) is 0 Å². The summed E-state index contributed by atoms with van der Waals surface area (Å²) < 4.78 is 0. The molecule has 0 spiro atoms. The SMILES string of the molecule is CC#Cc1cnc(C)nc1C(=O)O. The van der Waals surface area contributed by atoms with Crippen molar-refractivity contribution in [2.75, 3.05) is 0 Å². The lowest BCUT2D eigenvalue weighted by Crippen LogP contribution is -2.06. The molecule has 0 saturated heterocycles. The number of carboxylic acids is 1. The lowest BCUT2D eigenvalue weighted by Gasteiger charge is -1.97. The lowest BCUT2D eigenvalue weighted by molar-refractivity contribution is 0.0689. The molecule has 0 unspecified atom stereocenters. The minimum Gasteiger partial charge on any atom is -0.476 e. The summed E-state index contributed by atoms with van der Waals surface area (Å²) in [5.74, 6) is 4.58. The minimum absolute atomic E-state index is 0.0400. The second kappa shape index (κ2) is 3.68. The first-order chi connectivity index (χ1) is 6.15. The van der Waals surface area contributed by atoms with Gasteiger partial charge in [0.25, 0.3) is 0 Å². The third kappa shape index (κ3) is 2.03. The average Bonchev–Trinajstić information content (AvgIpc) is 2.08. The molecule has 4 heteroatoms. The molecule has 0 atom stereocenters. The molecular weight excluding hydrogens is 168 g/mol. The van der Waals surface area contributed by atoms with Gasteiger partial charge in [-0.25, -0.2) is 14.8 Å². The van der Waals surface area contributed by atoms with Crippen molar-refractivity contribution in [1.29, 1.82) is 0 Å². The predicted molar refractivity (Wildman–Crippen MR) is 46.3 cm³/mol. The van der Waals surface area contributed by atoms with Crippen molar-refractivity contribution in [2.45, 2.75) is 13.8 Å². The molecule has 0 aliphatic heterocycles. The predicted octanol–water partition coefficient (Wildman–Crippen LogP) is 0.855. The number of carboxylic acid groups (broad SMARTS) is 1. The van der Waals surface area contributed by atoms with E-state index in [-0.39, 0.29) is 5.69 Å². The Kier molecular flexibility index (Phi) is 2.60. The molecule has 4 nitrogen and oxygen atoms in total. The normalized spacial score (nSPS) is 8.77. The summed E-state index contributed by atoms with van der Waals surface area (Å²) in [6.07, 6.45) is 1.42. The molecule has 0 saturated carbocycles. The van der Waals surface area contributed by atoms with Crippen LogP contribution in [0.4, 0.5) is 0 Å². The van der Waals surface area contributed by atoms with Gasteiger partial charge in [0, 0.05) is 6.20 Å². The van der Waals surface area contributed by atoms with Crippen LogP contribution in [0, 0.1) is 18.8 Å². The van der Waals surface area contributed by atoms with Crippen molar-refractivity contribution in [3.8, 4) is 11.8 Å². The number of hydrogen-bond acceptors (Lipinski definition) is 3. The summed E-state index contributed by atoms with van der Waals surface area (Å²) in [4.78, 5) is 18.3. The highest BCUT2D eigenvalue weighted by Gasteiger charge is 2.10. The van der Waals surface area contributed by atoms with E-state index in [9.17, 15) is 4.79 Å². The van der Waals surface area contributed by atoms with E-state index in [1.165, 1.54) is 6.20 Å². The van der Waals surface area contributed by atoms with E-state index in [1.807, 2.05) is 0 Å². The van der Waals surface area contributed by atoms with E-state index in [4.69, 9.17) is 5.11 Å². The minimum atomic E-state index is -1.08. The zero-order chi connectivity index (χ0) is 9.84. The summed E-state index contributed by atoms with van der Waals surface area (Å²) >= 11 is 0. The third-order valence-corrected chi connectivity index (χ3v) is 1.37. The van der Waals surface area contributed by atoms with Crippen LogP contribution in [0.5, 0.6) is 0 Å². The molecule has 0 fully saturated rings. The Labute approximate surface area is 75.7 Å². The largest absolute Gasteiger partial charge is 0.476 e. The average molecular weight is 176 g/mol. The first-order valence-electron chi connectivity index (χ1n) is 3.65. The van der Waals surface area contributed by atoms with Crippen molar-refractivity contribution < 1.29 is 9.90 Å². The second-order valence-electron chi connectivity index (χ2n) is 2.36. The van der Waals surface area contributed by atoms with E-state index >= 15 is 0 Å². The summed E-state index contributed by atoms with van der Waals surface area (Å²) in [5.41, 5.74) is 0.308. The number of aromatic nitrogens is 2. The monoisotopic (exact) mass is 176 g/mol. The van der Waals surface area contributed by atoms with E-state index in [2.05, 4.69) is 21.8 Å². The first kappa shape index (κ1) is 9.20. The Hall–Kier alpha value is -1.89. The zero-order valence-corrected chi connectivity index (χ0v) is 7.33. The highest BCUT2D eigenvalue weighted by Crippen LogP contribution is 2.03. The molecule has 1 aromatic heterocycles. The topological polar surface area (TPSA) is 63.1 Å². The lowest BCUT2D eigenvalue weighted by atomic mass is 10.2. The van der Waals surface area contributed by atoms with Gasteiger partial charge in [-0.1, -0.05) is 5.92 Å². The molecule has 1 rings (SSSR count). The number of hydrogen-bond donors (Lipinski definition) is 1. The number of aryl methyl sites for hydroxylation is 1. The molecular formula is C9H8N2O2. The number of nitrogens with zero attached hydrogens (tertiary/aromatic N) is 2. The quantitative estimate of drug-likeness (QED) is 0.644. The molecule has 0 aliphatic rings. The third-order valence-electron chi connectivity index (χ3n) is 1.37. The fourth-order valence-electron chi connectivity index (χ4n) is 0.859. The van der Waals surface area contributed by atoms with Gasteiger partial charge in [-0.15, -0.1) is 5.92 Å². The van der Waals surface area contributed by atoms with Crippen molar-refractivity contribution in [3.05, 3.63) is 23.3 Å². The van der Waals surface area contributed by atoms with Crippen molar-refractivity contribution in [3.63, 3.8) is 0 Å². The van der Waals surface area contributed by atoms with Crippen LogP contribution < -0.4 is 0 Å². The summed E-state index contributed by atoms with van der Waals surface area (Å²) in [6, 6.07) is 0. The summed E-state index contributed by atoms with van der Waals surface area (Å²) in [5, 5.41) is 8.76. The highest BCUT2D eigenvalue weighted by atomic mass is 16.4. The maximum atomic E-state index is 10.7. The zero-order valence-electron chi connectivity index (χ0n) is 7.33. The molecule has 1 heterocycles. The van der Waals surface area contributed by atoms with Crippen LogP contribution in [0.15, 0.2) is 6.20 Å². The fourth-order valence-corrected chi connectivity index (χ4v) is 0.859. The Morgan fingerprint density at radius 1 is 1.62 bits per heavy atom. The first-order valence-corrected chi connectivity index (χ1v) is 3.65. The maximum absolute atomic E-state index is 10.7. The van der Waals surface area contributed by atoms with E-state index in [1.54, 1.807) is 13.8 Å². The van der Waals surface area contributed by atoms with Gasteiger partial charge in [0.2, 0.25) is 0 Å². The van der Waals surface area contributed by atoms with Crippen molar-refractivity contribution in [1.82, 2.24) is 9.97 Å². The van der Waals surface area contributed by atoms with Crippen LogP contribution in [0.2, 0.25) is 0 Å². The van der Waals surface area contributed by atoms with Crippen LogP contribution in [0.3, 0.4) is 0 Å². The smallest absolute Gasteiger partial charge is 0.355 e. The number of rotatable bonds is 1. The van der Waals surface area contributed by atoms with Gasteiger partial charge in [0.05, 0.1) is 5.56 Å².